The van der Waals surface area contributed by atoms with Gasteiger partial charge in [-0.1, -0.05) is 0 Å². The molecule has 2 unspecified atom stereocenters. The molecule has 6 heteroatoms. The van der Waals surface area contributed by atoms with E-state index in [1.807, 2.05) is 12.4 Å². The molecular weight excluding hydrogens is 318 g/mol. The third-order valence-corrected chi connectivity index (χ3v) is 5.49. The van der Waals surface area contributed by atoms with Crippen molar-refractivity contribution in [1.29, 1.82) is 0 Å². The zero-order valence-corrected chi connectivity index (χ0v) is 14.9. The van der Waals surface area contributed by atoms with Crippen molar-refractivity contribution in [1.82, 2.24) is 14.8 Å². The second kappa shape index (κ2) is 8.10. The van der Waals surface area contributed by atoms with Gasteiger partial charge in [-0.2, -0.15) is 0 Å². The smallest absolute Gasteiger partial charge is 0.105 e. The lowest BCUT2D eigenvalue weighted by atomic mass is 10.00. The summed E-state index contributed by atoms with van der Waals surface area (Å²) in [5.74, 6) is 0. The Morgan fingerprint density at radius 2 is 1.80 bits per heavy atom. The summed E-state index contributed by atoms with van der Waals surface area (Å²) in [5.41, 5.74) is 1.16. The highest BCUT2D eigenvalue weighted by Crippen LogP contribution is 2.33. The van der Waals surface area contributed by atoms with Crippen molar-refractivity contribution in [2.45, 2.75) is 31.1 Å². The number of hydrogen-bond donors (Lipinski definition) is 0. The van der Waals surface area contributed by atoms with Crippen LogP contribution in [0.15, 0.2) is 24.5 Å². The van der Waals surface area contributed by atoms with Crippen LogP contribution >= 0.6 is 0 Å². The van der Waals surface area contributed by atoms with Gasteiger partial charge in [0.05, 0.1) is 32.5 Å². The van der Waals surface area contributed by atoms with Crippen molar-refractivity contribution < 1.29 is 14.2 Å². The zero-order chi connectivity index (χ0) is 17.0. The van der Waals surface area contributed by atoms with Gasteiger partial charge in [-0.15, -0.1) is 0 Å². The van der Waals surface area contributed by atoms with Crippen molar-refractivity contribution in [2.75, 3.05) is 59.2 Å². The van der Waals surface area contributed by atoms with Crippen LogP contribution in [0.2, 0.25) is 0 Å². The van der Waals surface area contributed by atoms with Crippen LogP contribution < -0.4 is 0 Å². The number of nitrogens with zero attached hydrogens (tertiary/aromatic N) is 3. The highest BCUT2D eigenvalue weighted by Gasteiger charge is 2.43. The molecule has 1 spiro atoms. The van der Waals surface area contributed by atoms with E-state index in [4.69, 9.17) is 14.2 Å². The molecule has 1 aromatic rings. The first kappa shape index (κ1) is 17.4. The fourth-order valence-corrected chi connectivity index (χ4v) is 4.18. The molecule has 138 valence electrons. The number of aromatic nitrogens is 1. The second-order valence-corrected chi connectivity index (χ2v) is 7.49. The predicted octanol–water partition coefficient (Wildman–Crippen LogP) is 1.16. The first-order valence-corrected chi connectivity index (χ1v) is 9.48. The largest absolute Gasteiger partial charge is 0.379 e. The second-order valence-electron chi connectivity index (χ2n) is 7.49. The molecule has 0 aromatic carbocycles. The average Bonchev–Trinajstić information content (AvgIpc) is 2.91. The summed E-state index contributed by atoms with van der Waals surface area (Å²) in [5, 5.41) is 0. The summed E-state index contributed by atoms with van der Waals surface area (Å²) >= 11 is 0. The Balaban J connectivity index is 1.35. The van der Waals surface area contributed by atoms with E-state index < -0.39 is 0 Å². The van der Waals surface area contributed by atoms with Gasteiger partial charge in [0.2, 0.25) is 0 Å². The van der Waals surface area contributed by atoms with Crippen molar-refractivity contribution in [3.8, 4) is 0 Å². The summed E-state index contributed by atoms with van der Waals surface area (Å²) in [6, 6.07) is 4.18. The topological polar surface area (TPSA) is 47.1 Å². The molecule has 0 radical (unpaired) electrons. The highest BCUT2D eigenvalue weighted by molar-refractivity contribution is 5.10. The summed E-state index contributed by atoms with van der Waals surface area (Å²) in [6.07, 6.45) is 6.27. The van der Waals surface area contributed by atoms with Crippen LogP contribution in [0.25, 0.3) is 0 Å². The van der Waals surface area contributed by atoms with Crippen LogP contribution in [-0.4, -0.2) is 85.6 Å². The molecule has 0 N–H and O–H groups in total. The fraction of sp³-hybridized carbons (Fsp3) is 0.737. The van der Waals surface area contributed by atoms with Gasteiger partial charge in [-0.25, -0.2) is 0 Å². The molecule has 3 fully saturated rings. The SMILES string of the molecule is c1cc(CN2CCOCC3(CCC(CN4CCOCC4)O3)C2)ccn1. The van der Waals surface area contributed by atoms with Crippen LogP contribution in [0.1, 0.15) is 18.4 Å². The molecule has 0 saturated carbocycles. The van der Waals surface area contributed by atoms with Crippen molar-refractivity contribution in [3.63, 3.8) is 0 Å². The van der Waals surface area contributed by atoms with E-state index in [1.165, 1.54) is 5.56 Å². The lowest BCUT2D eigenvalue weighted by Crippen LogP contribution is -2.46. The van der Waals surface area contributed by atoms with Crippen LogP contribution in [0.4, 0.5) is 0 Å². The van der Waals surface area contributed by atoms with Gasteiger partial charge in [-0.3, -0.25) is 14.8 Å². The molecule has 4 rings (SSSR count). The normalized spacial score (nSPS) is 32.1. The van der Waals surface area contributed by atoms with Crippen LogP contribution in [0, 0.1) is 0 Å². The van der Waals surface area contributed by atoms with Crippen LogP contribution in [0.3, 0.4) is 0 Å². The molecule has 0 aliphatic carbocycles. The number of pyridine rings is 1. The van der Waals surface area contributed by atoms with E-state index in [2.05, 4.69) is 26.9 Å². The minimum absolute atomic E-state index is 0.138. The van der Waals surface area contributed by atoms with Crippen molar-refractivity contribution in [2.24, 2.45) is 0 Å². The number of rotatable bonds is 4. The molecule has 1 aromatic heterocycles. The first-order chi connectivity index (χ1) is 12.3. The molecule has 2 atom stereocenters. The van der Waals surface area contributed by atoms with E-state index >= 15 is 0 Å². The summed E-state index contributed by atoms with van der Waals surface area (Å²) in [7, 11) is 0. The van der Waals surface area contributed by atoms with Gasteiger partial charge in [0.25, 0.3) is 0 Å². The molecule has 3 aliphatic rings. The molecule has 0 amide bonds. The Morgan fingerprint density at radius 3 is 2.64 bits per heavy atom. The maximum Gasteiger partial charge on any atom is 0.105 e. The van der Waals surface area contributed by atoms with Crippen LogP contribution in [0.5, 0.6) is 0 Å². The van der Waals surface area contributed by atoms with Crippen molar-refractivity contribution >= 4 is 0 Å². The van der Waals surface area contributed by atoms with Gasteiger partial charge >= 0.3 is 0 Å². The van der Waals surface area contributed by atoms with Gasteiger partial charge in [0.1, 0.15) is 5.60 Å². The maximum absolute atomic E-state index is 6.58. The standard InChI is InChI=1S/C19H29N3O3/c1-4-19(25-18(1)14-21-7-10-23-11-8-21)15-22(9-12-24-16-19)13-17-2-5-20-6-3-17/h2-3,5-6,18H,1,4,7-16H2. The molecule has 0 bridgehead atoms. The summed E-state index contributed by atoms with van der Waals surface area (Å²) in [6.45, 7) is 9.12. The fourth-order valence-electron chi connectivity index (χ4n) is 4.18. The quantitative estimate of drug-likeness (QED) is 0.815. The number of hydrogen-bond acceptors (Lipinski definition) is 6. The first-order valence-electron chi connectivity index (χ1n) is 9.48. The molecule has 25 heavy (non-hydrogen) atoms. The average molecular weight is 347 g/mol. The summed E-state index contributed by atoms with van der Waals surface area (Å²) in [4.78, 5) is 9.06. The Morgan fingerprint density at radius 1 is 1.04 bits per heavy atom. The molecule has 3 saturated heterocycles. The van der Waals surface area contributed by atoms with Crippen LogP contribution in [-0.2, 0) is 20.8 Å². The van der Waals surface area contributed by atoms with E-state index in [-0.39, 0.29) is 5.60 Å². The number of ether oxygens (including phenoxy) is 3. The summed E-state index contributed by atoms with van der Waals surface area (Å²) < 4.78 is 18.0. The molecular formula is C19H29N3O3. The van der Waals surface area contributed by atoms with Gasteiger partial charge in [0, 0.05) is 51.7 Å². The minimum Gasteiger partial charge on any atom is -0.379 e. The van der Waals surface area contributed by atoms with Gasteiger partial charge in [0.15, 0.2) is 0 Å². The Labute approximate surface area is 150 Å². The third kappa shape index (κ3) is 4.57. The maximum atomic E-state index is 6.58. The third-order valence-electron chi connectivity index (χ3n) is 5.49. The number of morpholine rings is 1. The van der Waals surface area contributed by atoms with Gasteiger partial charge in [-0.05, 0) is 30.5 Å². The Kier molecular flexibility index (Phi) is 5.63. The minimum atomic E-state index is -0.138. The van der Waals surface area contributed by atoms with Gasteiger partial charge < -0.3 is 14.2 Å². The zero-order valence-electron chi connectivity index (χ0n) is 14.9. The van der Waals surface area contributed by atoms with E-state index in [0.29, 0.717) is 6.10 Å². The lowest BCUT2D eigenvalue weighted by molar-refractivity contribution is -0.0967. The van der Waals surface area contributed by atoms with E-state index in [9.17, 15) is 0 Å². The molecule has 6 nitrogen and oxygen atoms in total. The monoisotopic (exact) mass is 347 g/mol. The molecule has 4 heterocycles. The van der Waals surface area contributed by atoms with E-state index in [0.717, 1.165) is 78.5 Å². The van der Waals surface area contributed by atoms with E-state index in [1.54, 1.807) is 0 Å². The lowest BCUT2D eigenvalue weighted by Gasteiger charge is -2.33. The highest BCUT2D eigenvalue weighted by atomic mass is 16.6. The van der Waals surface area contributed by atoms with Crippen molar-refractivity contribution in [3.05, 3.63) is 30.1 Å². The predicted molar refractivity (Wildman–Crippen MR) is 94.4 cm³/mol. The Bertz CT molecular complexity index is 538. The Hall–Kier alpha value is -1.05. The molecule has 3 aliphatic heterocycles.